The molecular weight excluding hydrogens is 260 g/mol. The largest absolute Gasteiger partial charge is 0.396 e. The van der Waals surface area contributed by atoms with E-state index in [1.807, 2.05) is 0 Å². The summed E-state index contributed by atoms with van der Waals surface area (Å²) >= 11 is 5.42. The van der Waals surface area contributed by atoms with Gasteiger partial charge in [-0.05, 0) is 0 Å². The highest BCUT2D eigenvalue weighted by Crippen LogP contribution is 2.35. The van der Waals surface area contributed by atoms with Gasteiger partial charge in [-0.15, -0.1) is 23.5 Å². The van der Waals surface area contributed by atoms with Gasteiger partial charge in [0, 0.05) is 11.5 Å². The summed E-state index contributed by atoms with van der Waals surface area (Å²) in [6, 6.07) is 0. The van der Waals surface area contributed by atoms with Gasteiger partial charge >= 0.3 is 0 Å². The van der Waals surface area contributed by atoms with Gasteiger partial charge in [0.25, 0.3) is 4.06 Å². The van der Waals surface area contributed by atoms with Crippen molar-refractivity contribution in [3.63, 3.8) is 0 Å². The van der Waals surface area contributed by atoms with Crippen LogP contribution in [0.15, 0.2) is 13.2 Å². The molecule has 0 saturated heterocycles. The van der Waals surface area contributed by atoms with Crippen LogP contribution in [-0.2, 0) is 0 Å². The van der Waals surface area contributed by atoms with Gasteiger partial charge in [-0.2, -0.15) is 0 Å². The van der Waals surface area contributed by atoms with Gasteiger partial charge in [0.2, 0.25) is 0 Å². The van der Waals surface area contributed by atoms with E-state index in [-0.39, 0.29) is 17.3 Å². The SMILES string of the molecule is O=c1sc(SCCO)c(SCCO)s1. The van der Waals surface area contributed by atoms with Crippen LogP contribution < -0.4 is 4.06 Å². The zero-order chi connectivity index (χ0) is 10.4. The van der Waals surface area contributed by atoms with Gasteiger partial charge < -0.3 is 10.2 Å². The van der Waals surface area contributed by atoms with Crippen LogP contribution in [-0.4, -0.2) is 34.9 Å². The van der Waals surface area contributed by atoms with E-state index >= 15 is 0 Å². The minimum atomic E-state index is 0.0749. The summed E-state index contributed by atoms with van der Waals surface area (Å²) in [7, 11) is 0. The van der Waals surface area contributed by atoms with Gasteiger partial charge in [0.1, 0.15) is 0 Å². The summed E-state index contributed by atoms with van der Waals surface area (Å²) in [6.07, 6.45) is 0. The van der Waals surface area contributed by atoms with Crippen molar-refractivity contribution < 1.29 is 10.2 Å². The number of aliphatic hydroxyl groups is 2. The molecule has 14 heavy (non-hydrogen) atoms. The first-order valence-electron chi connectivity index (χ1n) is 3.89. The van der Waals surface area contributed by atoms with Crippen LogP contribution in [0.3, 0.4) is 0 Å². The van der Waals surface area contributed by atoms with Crippen molar-refractivity contribution in [1.29, 1.82) is 0 Å². The zero-order valence-electron chi connectivity index (χ0n) is 7.26. The molecule has 0 saturated carbocycles. The molecule has 3 nitrogen and oxygen atoms in total. The van der Waals surface area contributed by atoms with Gasteiger partial charge in [-0.25, -0.2) is 0 Å². The molecule has 1 aromatic heterocycles. The maximum atomic E-state index is 11.1. The maximum absolute atomic E-state index is 11.1. The Bertz CT molecular complexity index is 290. The number of aliphatic hydroxyl groups excluding tert-OH is 2. The van der Waals surface area contributed by atoms with Gasteiger partial charge in [0.05, 0.1) is 21.6 Å². The average molecular weight is 270 g/mol. The van der Waals surface area contributed by atoms with Crippen LogP contribution in [0.5, 0.6) is 0 Å². The topological polar surface area (TPSA) is 57.5 Å². The number of hydrogen-bond acceptors (Lipinski definition) is 7. The Morgan fingerprint density at radius 3 is 1.79 bits per heavy atom. The van der Waals surface area contributed by atoms with E-state index in [1.54, 1.807) is 0 Å². The third-order valence-electron chi connectivity index (χ3n) is 1.17. The minimum Gasteiger partial charge on any atom is -0.396 e. The van der Waals surface area contributed by atoms with Crippen molar-refractivity contribution in [2.24, 2.45) is 0 Å². The van der Waals surface area contributed by atoms with E-state index in [0.717, 1.165) is 8.42 Å². The van der Waals surface area contributed by atoms with Crippen LogP contribution in [0.4, 0.5) is 0 Å². The summed E-state index contributed by atoms with van der Waals surface area (Å²) in [5.41, 5.74) is 0. The lowest BCUT2D eigenvalue weighted by atomic mass is 10.9. The fraction of sp³-hybridized carbons (Fsp3) is 0.571. The molecule has 1 heterocycles. The molecule has 0 bridgehead atoms. The fourth-order valence-electron chi connectivity index (χ4n) is 0.709. The first-order chi connectivity index (χ1) is 6.77. The van der Waals surface area contributed by atoms with Crippen LogP contribution in [0.1, 0.15) is 0 Å². The van der Waals surface area contributed by atoms with Gasteiger partial charge in [-0.3, -0.25) is 4.79 Å². The average Bonchev–Trinajstić information content (AvgIpc) is 2.52. The normalized spacial score (nSPS) is 10.7. The third kappa shape index (κ3) is 3.92. The summed E-state index contributed by atoms with van der Waals surface area (Å²) < 4.78 is 2.01. The molecule has 0 unspecified atom stereocenters. The lowest BCUT2D eigenvalue weighted by molar-refractivity contribution is 0.322. The van der Waals surface area contributed by atoms with E-state index in [2.05, 4.69) is 0 Å². The molecule has 0 amide bonds. The van der Waals surface area contributed by atoms with Crippen molar-refractivity contribution in [1.82, 2.24) is 0 Å². The Kier molecular flexibility index (Phi) is 6.15. The highest BCUT2D eigenvalue weighted by Gasteiger charge is 2.09. The Labute approximate surface area is 98.2 Å². The van der Waals surface area contributed by atoms with Crippen molar-refractivity contribution in [2.75, 3.05) is 24.7 Å². The Morgan fingerprint density at radius 2 is 1.43 bits per heavy atom. The molecule has 0 aliphatic heterocycles. The second-order valence-corrected chi connectivity index (χ2v) is 7.13. The second-order valence-electron chi connectivity index (χ2n) is 2.17. The van der Waals surface area contributed by atoms with Crippen LogP contribution in [0.2, 0.25) is 0 Å². The second kappa shape index (κ2) is 6.86. The first kappa shape index (κ1) is 12.5. The van der Waals surface area contributed by atoms with Crippen molar-refractivity contribution in [3.8, 4) is 0 Å². The van der Waals surface area contributed by atoms with E-state index in [9.17, 15) is 4.79 Å². The predicted octanol–water partition coefficient (Wildman–Crippen LogP) is 1.34. The fourth-order valence-corrected chi connectivity index (χ4v) is 5.58. The van der Waals surface area contributed by atoms with Crippen molar-refractivity contribution in [2.45, 2.75) is 8.42 Å². The lowest BCUT2D eigenvalue weighted by Gasteiger charge is -1.98. The van der Waals surface area contributed by atoms with Gasteiger partial charge in [-0.1, -0.05) is 22.7 Å². The minimum absolute atomic E-state index is 0.0749. The molecule has 80 valence electrons. The van der Waals surface area contributed by atoms with E-state index in [4.69, 9.17) is 10.2 Å². The molecule has 0 aliphatic carbocycles. The van der Waals surface area contributed by atoms with E-state index in [0.29, 0.717) is 11.5 Å². The predicted molar refractivity (Wildman–Crippen MR) is 64.1 cm³/mol. The highest BCUT2D eigenvalue weighted by molar-refractivity contribution is 8.04. The molecular formula is C7H10O3S4. The lowest BCUT2D eigenvalue weighted by Crippen LogP contribution is -1.86. The maximum Gasteiger partial charge on any atom is 0.289 e. The summed E-state index contributed by atoms with van der Waals surface area (Å²) in [4.78, 5) is 11.1. The molecule has 0 radical (unpaired) electrons. The van der Waals surface area contributed by atoms with Crippen LogP contribution >= 0.6 is 46.2 Å². The smallest absolute Gasteiger partial charge is 0.289 e. The molecule has 0 fully saturated rings. The summed E-state index contributed by atoms with van der Waals surface area (Å²) in [5, 5.41) is 17.3. The van der Waals surface area contributed by atoms with Crippen LogP contribution in [0.25, 0.3) is 0 Å². The molecule has 2 N–H and O–H groups in total. The zero-order valence-corrected chi connectivity index (χ0v) is 10.5. The van der Waals surface area contributed by atoms with E-state index in [1.165, 1.54) is 46.2 Å². The summed E-state index contributed by atoms with van der Waals surface area (Å²) in [6.45, 7) is 0.233. The Morgan fingerprint density at radius 1 is 1.00 bits per heavy atom. The highest BCUT2D eigenvalue weighted by atomic mass is 32.2. The van der Waals surface area contributed by atoms with Gasteiger partial charge in [0.15, 0.2) is 0 Å². The first-order valence-corrected chi connectivity index (χ1v) is 7.49. The van der Waals surface area contributed by atoms with Crippen molar-refractivity contribution in [3.05, 3.63) is 8.85 Å². The molecule has 1 aromatic rings. The molecule has 1 rings (SSSR count). The third-order valence-corrected chi connectivity index (χ3v) is 6.21. The summed E-state index contributed by atoms with van der Waals surface area (Å²) in [5.74, 6) is 1.22. The van der Waals surface area contributed by atoms with E-state index < -0.39 is 0 Å². The number of hydrogen-bond donors (Lipinski definition) is 2. The number of rotatable bonds is 6. The molecule has 0 atom stereocenters. The molecule has 0 aromatic carbocycles. The van der Waals surface area contributed by atoms with Crippen LogP contribution in [0, 0.1) is 0 Å². The Balaban J connectivity index is 2.64. The quantitative estimate of drug-likeness (QED) is 0.764. The number of thioether (sulfide) groups is 2. The van der Waals surface area contributed by atoms with Crippen molar-refractivity contribution >= 4 is 46.2 Å². The monoisotopic (exact) mass is 270 g/mol. The standard InChI is InChI=1S/C7H10O3S4/c8-1-3-11-5-6(12-4-2-9)14-7(10)13-5/h8-9H,1-4H2. The molecule has 7 heteroatoms. The Hall–Kier alpha value is 0.470. The molecule has 0 spiro atoms. The molecule has 0 aliphatic rings.